The van der Waals surface area contributed by atoms with Gasteiger partial charge < -0.3 is 0 Å². The van der Waals surface area contributed by atoms with Crippen molar-refractivity contribution in [2.24, 2.45) is 11.8 Å². The van der Waals surface area contributed by atoms with Crippen LogP contribution in [0.3, 0.4) is 0 Å². The van der Waals surface area contributed by atoms with Gasteiger partial charge in [0.25, 0.3) is 0 Å². The number of nitrogens with zero attached hydrogens (tertiary/aromatic N) is 1. The second-order valence-electron chi connectivity index (χ2n) is 6.63. The highest BCUT2D eigenvalue weighted by Gasteiger charge is 2.28. The van der Waals surface area contributed by atoms with Crippen molar-refractivity contribution in [3.05, 3.63) is 16.1 Å². The zero-order chi connectivity index (χ0) is 13.3. The Kier molecular flexibility index (Phi) is 3.90. The van der Waals surface area contributed by atoms with Crippen LogP contribution < -0.4 is 0 Å². The van der Waals surface area contributed by atoms with E-state index in [2.05, 4.69) is 38.1 Å². The van der Waals surface area contributed by atoms with Crippen molar-refractivity contribution in [3.63, 3.8) is 0 Å². The quantitative estimate of drug-likeness (QED) is 0.827. The number of carbonyl (C=O) groups excluding carboxylic acids is 1. The Labute approximate surface area is 114 Å². The van der Waals surface area contributed by atoms with Gasteiger partial charge in [-0.05, 0) is 25.2 Å². The van der Waals surface area contributed by atoms with E-state index in [9.17, 15) is 4.79 Å². The summed E-state index contributed by atoms with van der Waals surface area (Å²) in [5, 5.41) is 3.09. The number of Topliss-reactive ketones (excluding diaryl/α,β-unsaturated/α-hetero) is 1. The molecule has 1 fully saturated rings. The minimum Gasteiger partial charge on any atom is -0.299 e. The maximum atomic E-state index is 12.2. The van der Waals surface area contributed by atoms with Crippen LogP contribution in [0.25, 0.3) is 0 Å². The van der Waals surface area contributed by atoms with E-state index in [1.807, 2.05) is 0 Å². The van der Waals surface area contributed by atoms with Gasteiger partial charge in [-0.1, -0.05) is 27.7 Å². The lowest BCUT2D eigenvalue weighted by Gasteiger charge is -2.14. The molecule has 0 spiro atoms. The first-order chi connectivity index (χ1) is 8.36. The Hall–Kier alpha value is -0.700. The van der Waals surface area contributed by atoms with Crippen LogP contribution >= 0.6 is 11.3 Å². The molecule has 2 rings (SSSR count). The van der Waals surface area contributed by atoms with Gasteiger partial charge in [0.05, 0.1) is 12.1 Å². The molecule has 0 saturated heterocycles. The van der Waals surface area contributed by atoms with Gasteiger partial charge >= 0.3 is 0 Å². The lowest BCUT2D eigenvalue weighted by molar-refractivity contribution is -0.122. The van der Waals surface area contributed by atoms with Crippen molar-refractivity contribution in [1.82, 2.24) is 4.98 Å². The summed E-state index contributed by atoms with van der Waals surface area (Å²) in [6.07, 6.45) is 3.91. The van der Waals surface area contributed by atoms with Crippen molar-refractivity contribution >= 4 is 17.1 Å². The van der Waals surface area contributed by atoms with Crippen LogP contribution in [0.5, 0.6) is 0 Å². The standard InChI is InChI=1S/C15H23NOS/c1-10-5-6-11(7-10)12(17)8-14-16-13(9-18-14)15(2,3)4/h9-11H,5-8H2,1-4H3. The molecule has 0 aliphatic heterocycles. The SMILES string of the molecule is CC1CCC(C(=O)Cc2nc(C(C)(C)C)cs2)C1. The van der Waals surface area contributed by atoms with Gasteiger partial charge in [0.15, 0.2) is 0 Å². The highest BCUT2D eigenvalue weighted by Crippen LogP contribution is 2.32. The van der Waals surface area contributed by atoms with Gasteiger partial charge in [-0.3, -0.25) is 4.79 Å². The largest absolute Gasteiger partial charge is 0.299 e. The van der Waals surface area contributed by atoms with E-state index in [0.29, 0.717) is 18.1 Å². The number of rotatable bonds is 3. The second kappa shape index (κ2) is 5.12. The molecule has 0 N–H and O–H groups in total. The fourth-order valence-corrected chi connectivity index (χ4v) is 3.56. The van der Waals surface area contributed by atoms with Crippen molar-refractivity contribution in [1.29, 1.82) is 0 Å². The number of hydrogen-bond acceptors (Lipinski definition) is 3. The molecule has 0 aromatic carbocycles. The van der Waals surface area contributed by atoms with Crippen molar-refractivity contribution in [2.45, 2.75) is 58.8 Å². The molecular weight excluding hydrogens is 242 g/mol. The van der Waals surface area contributed by atoms with Crippen LogP contribution in [0, 0.1) is 11.8 Å². The van der Waals surface area contributed by atoms with Crippen LogP contribution in [-0.4, -0.2) is 10.8 Å². The molecule has 3 heteroatoms. The molecule has 2 nitrogen and oxygen atoms in total. The maximum Gasteiger partial charge on any atom is 0.142 e. The molecule has 1 aliphatic rings. The molecule has 0 bridgehead atoms. The molecule has 1 aliphatic carbocycles. The van der Waals surface area contributed by atoms with E-state index in [1.54, 1.807) is 11.3 Å². The van der Waals surface area contributed by atoms with Gasteiger partial charge in [-0.15, -0.1) is 11.3 Å². The summed E-state index contributed by atoms with van der Waals surface area (Å²) < 4.78 is 0. The number of thiazole rings is 1. The normalized spacial score (nSPS) is 24.4. The molecule has 2 atom stereocenters. The van der Waals surface area contributed by atoms with Crippen molar-refractivity contribution in [2.75, 3.05) is 0 Å². The molecule has 1 aromatic heterocycles. The molecule has 1 aromatic rings. The minimum absolute atomic E-state index is 0.0830. The third-order valence-corrected chi connectivity index (χ3v) is 4.64. The van der Waals surface area contributed by atoms with Crippen LogP contribution in [-0.2, 0) is 16.6 Å². The van der Waals surface area contributed by atoms with E-state index in [4.69, 9.17) is 0 Å². The van der Waals surface area contributed by atoms with E-state index in [-0.39, 0.29) is 5.41 Å². The zero-order valence-electron chi connectivity index (χ0n) is 11.8. The summed E-state index contributed by atoms with van der Waals surface area (Å²) >= 11 is 1.63. The average molecular weight is 265 g/mol. The molecule has 1 heterocycles. The molecule has 2 unspecified atom stereocenters. The Morgan fingerprint density at radius 3 is 2.67 bits per heavy atom. The number of carbonyl (C=O) groups is 1. The number of aromatic nitrogens is 1. The summed E-state index contributed by atoms with van der Waals surface area (Å²) in [5.41, 5.74) is 1.19. The van der Waals surface area contributed by atoms with E-state index >= 15 is 0 Å². The molecule has 0 amide bonds. The smallest absolute Gasteiger partial charge is 0.142 e. The molecule has 18 heavy (non-hydrogen) atoms. The summed E-state index contributed by atoms with van der Waals surface area (Å²) in [4.78, 5) is 16.8. The van der Waals surface area contributed by atoms with Crippen LogP contribution in [0.1, 0.15) is 57.7 Å². The van der Waals surface area contributed by atoms with Gasteiger partial charge in [-0.25, -0.2) is 4.98 Å². The summed E-state index contributed by atoms with van der Waals surface area (Å²) in [6, 6.07) is 0. The molecule has 0 radical (unpaired) electrons. The van der Waals surface area contributed by atoms with Crippen molar-refractivity contribution < 1.29 is 4.79 Å². The summed E-state index contributed by atoms with van der Waals surface area (Å²) in [5.74, 6) is 1.41. The fourth-order valence-electron chi connectivity index (χ4n) is 2.53. The highest BCUT2D eigenvalue weighted by atomic mass is 32.1. The molecular formula is C15H23NOS. The molecule has 1 saturated carbocycles. The monoisotopic (exact) mass is 265 g/mol. The lowest BCUT2D eigenvalue weighted by atomic mass is 9.93. The van der Waals surface area contributed by atoms with E-state index in [0.717, 1.165) is 29.5 Å². The first kappa shape index (κ1) is 13.7. The van der Waals surface area contributed by atoms with Crippen LogP contribution in [0.15, 0.2) is 5.38 Å². The Balaban J connectivity index is 1.97. The average Bonchev–Trinajstić information content (AvgIpc) is 2.85. The number of ketones is 1. The van der Waals surface area contributed by atoms with Gasteiger partial charge in [0.2, 0.25) is 0 Å². The van der Waals surface area contributed by atoms with Gasteiger partial charge in [0, 0.05) is 16.7 Å². The summed E-state index contributed by atoms with van der Waals surface area (Å²) in [6.45, 7) is 8.72. The first-order valence-electron chi connectivity index (χ1n) is 6.84. The van der Waals surface area contributed by atoms with E-state index in [1.165, 1.54) is 6.42 Å². The number of hydrogen-bond donors (Lipinski definition) is 0. The Morgan fingerprint density at radius 2 is 2.17 bits per heavy atom. The lowest BCUT2D eigenvalue weighted by Crippen LogP contribution is -2.15. The zero-order valence-corrected chi connectivity index (χ0v) is 12.6. The fraction of sp³-hybridized carbons (Fsp3) is 0.733. The highest BCUT2D eigenvalue weighted by molar-refractivity contribution is 7.09. The summed E-state index contributed by atoms with van der Waals surface area (Å²) in [7, 11) is 0. The molecule has 100 valence electrons. The van der Waals surface area contributed by atoms with Gasteiger partial charge in [-0.2, -0.15) is 0 Å². The Morgan fingerprint density at radius 1 is 1.44 bits per heavy atom. The topological polar surface area (TPSA) is 30.0 Å². The Bertz CT molecular complexity index is 430. The van der Waals surface area contributed by atoms with Crippen molar-refractivity contribution in [3.8, 4) is 0 Å². The maximum absolute atomic E-state index is 12.2. The first-order valence-corrected chi connectivity index (χ1v) is 7.72. The van der Waals surface area contributed by atoms with Crippen LogP contribution in [0.4, 0.5) is 0 Å². The predicted molar refractivity (Wildman–Crippen MR) is 76.0 cm³/mol. The van der Waals surface area contributed by atoms with Crippen LogP contribution in [0.2, 0.25) is 0 Å². The third kappa shape index (κ3) is 3.19. The predicted octanol–water partition coefficient (Wildman–Crippen LogP) is 3.99. The second-order valence-corrected chi connectivity index (χ2v) is 7.58. The van der Waals surface area contributed by atoms with Gasteiger partial charge in [0.1, 0.15) is 10.8 Å². The minimum atomic E-state index is 0.0830. The van der Waals surface area contributed by atoms with E-state index < -0.39 is 0 Å². The third-order valence-electron chi connectivity index (χ3n) is 3.80.